The van der Waals surface area contributed by atoms with Crippen molar-refractivity contribution in [3.8, 4) is 0 Å². The van der Waals surface area contributed by atoms with E-state index >= 15 is 0 Å². The fourth-order valence-electron chi connectivity index (χ4n) is 4.26. The van der Waals surface area contributed by atoms with Crippen molar-refractivity contribution in [1.29, 1.82) is 0 Å². The topological polar surface area (TPSA) is 15.7 Å². The van der Waals surface area contributed by atoms with Crippen LogP contribution in [0.15, 0.2) is 30.3 Å². The molecular weight excluding hydrogens is 324 g/mol. The summed E-state index contributed by atoms with van der Waals surface area (Å²) in [5.74, 6) is 0. The minimum absolute atomic E-state index is 0.305. The van der Waals surface area contributed by atoms with Gasteiger partial charge in [-0.05, 0) is 77.6 Å². The average molecular weight is 365 g/mol. The first-order valence-corrected chi connectivity index (χ1v) is 12.5. The zero-order valence-corrected chi connectivity index (χ0v) is 18.6. The van der Waals surface area contributed by atoms with Gasteiger partial charge in [0.1, 0.15) is 0 Å². The van der Waals surface area contributed by atoms with Gasteiger partial charge in [-0.1, -0.05) is 37.3 Å². The van der Waals surface area contributed by atoms with Crippen LogP contribution in [0, 0.1) is 5.41 Å². The van der Waals surface area contributed by atoms with E-state index in [9.17, 15) is 0 Å². The summed E-state index contributed by atoms with van der Waals surface area (Å²) in [6.07, 6.45) is 2.33. The Bertz CT molecular complexity index is 468. The van der Waals surface area contributed by atoms with Crippen molar-refractivity contribution in [3.63, 3.8) is 0 Å². The molecule has 0 fully saturated rings. The summed E-state index contributed by atoms with van der Waals surface area (Å²) >= 11 is 0. The molecule has 1 rings (SSSR count). The van der Waals surface area contributed by atoms with E-state index in [4.69, 9.17) is 4.43 Å². The number of benzene rings is 1. The van der Waals surface area contributed by atoms with E-state index in [2.05, 4.69) is 88.7 Å². The normalized spacial score (nSPS) is 14.9. The largest absolute Gasteiger partial charge is 0.417 e. The van der Waals surface area contributed by atoms with Gasteiger partial charge in [0.25, 0.3) is 0 Å². The van der Waals surface area contributed by atoms with Crippen molar-refractivity contribution in [3.05, 3.63) is 35.9 Å². The molecule has 0 heterocycles. The molecule has 0 spiro atoms. The Morgan fingerprint density at radius 1 is 0.960 bits per heavy atom. The Hall–Kier alpha value is -0.683. The molecule has 0 N–H and O–H groups in total. The highest BCUT2D eigenvalue weighted by Gasteiger charge is 2.40. The lowest BCUT2D eigenvalue weighted by Crippen LogP contribution is -2.49. The molecule has 0 saturated carbocycles. The highest BCUT2D eigenvalue weighted by Crippen LogP contribution is 2.37. The lowest BCUT2D eigenvalue weighted by Gasteiger charge is -2.43. The number of nitrogens with zero attached hydrogens (tertiary/aromatic N) is 2. The van der Waals surface area contributed by atoms with Gasteiger partial charge in [-0.25, -0.2) is 0 Å². The van der Waals surface area contributed by atoms with Crippen LogP contribution in [-0.4, -0.2) is 66.0 Å². The number of hydrogen-bond donors (Lipinski definition) is 0. The smallest absolute Gasteiger partial charge is 0.190 e. The maximum Gasteiger partial charge on any atom is 0.190 e. The van der Waals surface area contributed by atoms with Gasteiger partial charge in [-0.3, -0.25) is 0 Å². The minimum atomic E-state index is -1.78. The van der Waals surface area contributed by atoms with Crippen molar-refractivity contribution >= 4 is 8.32 Å². The summed E-state index contributed by atoms with van der Waals surface area (Å²) in [7, 11) is 7.02. The summed E-state index contributed by atoms with van der Waals surface area (Å²) < 4.78 is 6.47. The second-order valence-corrected chi connectivity index (χ2v) is 12.4. The summed E-state index contributed by atoms with van der Waals surface area (Å²) in [6.45, 7) is 10.0. The molecule has 1 aromatic carbocycles. The minimum Gasteiger partial charge on any atom is -0.417 e. The van der Waals surface area contributed by atoms with Gasteiger partial charge < -0.3 is 14.2 Å². The molecule has 0 radical (unpaired) electrons. The fourth-order valence-corrected chi connectivity index (χ4v) is 8.26. The number of aryl methyl sites for hydroxylation is 1. The van der Waals surface area contributed by atoms with Crippen molar-refractivity contribution < 1.29 is 4.43 Å². The first kappa shape index (κ1) is 22.4. The molecular formula is C21H40N2OSi. The predicted octanol–water partition coefficient (Wildman–Crippen LogP) is 4.36. The van der Waals surface area contributed by atoms with Crippen LogP contribution in [0.1, 0.15) is 25.8 Å². The van der Waals surface area contributed by atoms with Gasteiger partial charge in [0.15, 0.2) is 8.32 Å². The third-order valence-corrected chi connectivity index (χ3v) is 8.87. The molecule has 0 bridgehead atoms. The molecule has 0 aliphatic carbocycles. The molecule has 25 heavy (non-hydrogen) atoms. The summed E-state index contributed by atoms with van der Waals surface area (Å²) in [5, 5.41) is 0. The Labute approximate surface area is 157 Å². The Balaban J connectivity index is 2.94. The van der Waals surface area contributed by atoms with Gasteiger partial charge in [0, 0.05) is 19.7 Å². The van der Waals surface area contributed by atoms with Crippen molar-refractivity contribution in [2.75, 3.05) is 47.9 Å². The predicted molar refractivity (Wildman–Crippen MR) is 113 cm³/mol. The number of hydrogen-bond acceptors (Lipinski definition) is 3. The molecule has 1 aromatic rings. The molecule has 0 amide bonds. The van der Waals surface area contributed by atoms with E-state index in [-0.39, 0.29) is 0 Å². The van der Waals surface area contributed by atoms with Crippen LogP contribution in [0.2, 0.25) is 18.6 Å². The van der Waals surface area contributed by atoms with Gasteiger partial charge in [0.2, 0.25) is 0 Å². The summed E-state index contributed by atoms with van der Waals surface area (Å²) in [6, 6.07) is 13.3. The van der Waals surface area contributed by atoms with E-state index in [1.165, 1.54) is 24.1 Å². The molecule has 1 unspecified atom stereocenters. The first-order valence-electron chi connectivity index (χ1n) is 9.71. The summed E-state index contributed by atoms with van der Waals surface area (Å²) in [5.41, 5.74) is 1.74. The van der Waals surface area contributed by atoms with E-state index in [1.807, 2.05) is 0 Å². The standard InChI is InChI=1S/C21H40N2OSi/c1-8-21(17-22(3)4,18-23(5)6)19-25(7,24-9-2)16-15-20-13-11-10-12-14-20/h10-14H,8-9,15-19H2,1-7H3. The maximum absolute atomic E-state index is 6.47. The molecule has 3 nitrogen and oxygen atoms in total. The maximum atomic E-state index is 6.47. The van der Waals surface area contributed by atoms with E-state index in [0.29, 0.717) is 5.41 Å². The van der Waals surface area contributed by atoms with Crippen LogP contribution in [0.5, 0.6) is 0 Å². The Morgan fingerprint density at radius 3 is 1.96 bits per heavy atom. The Morgan fingerprint density at radius 2 is 1.52 bits per heavy atom. The zero-order valence-electron chi connectivity index (χ0n) is 17.6. The lowest BCUT2D eigenvalue weighted by atomic mass is 9.86. The monoisotopic (exact) mass is 364 g/mol. The zero-order chi connectivity index (χ0) is 18.9. The summed E-state index contributed by atoms with van der Waals surface area (Å²) in [4.78, 5) is 4.70. The second kappa shape index (κ2) is 10.5. The quantitative estimate of drug-likeness (QED) is 0.513. The van der Waals surface area contributed by atoms with Crippen LogP contribution >= 0.6 is 0 Å². The van der Waals surface area contributed by atoms with Crippen LogP contribution in [0.25, 0.3) is 0 Å². The van der Waals surface area contributed by atoms with E-state index < -0.39 is 8.32 Å². The lowest BCUT2D eigenvalue weighted by molar-refractivity contribution is 0.147. The molecule has 1 atom stereocenters. The van der Waals surface area contributed by atoms with Gasteiger partial charge >= 0.3 is 0 Å². The fraction of sp³-hybridized carbons (Fsp3) is 0.714. The molecule has 4 heteroatoms. The van der Waals surface area contributed by atoms with E-state index in [1.54, 1.807) is 0 Å². The second-order valence-electron chi connectivity index (χ2n) is 8.37. The van der Waals surface area contributed by atoms with E-state index in [0.717, 1.165) is 26.1 Å². The van der Waals surface area contributed by atoms with Crippen molar-refractivity contribution in [2.24, 2.45) is 5.41 Å². The number of rotatable bonds is 12. The first-order chi connectivity index (χ1) is 11.7. The van der Waals surface area contributed by atoms with Crippen LogP contribution < -0.4 is 0 Å². The van der Waals surface area contributed by atoms with Crippen molar-refractivity contribution in [2.45, 2.75) is 45.3 Å². The van der Waals surface area contributed by atoms with Crippen molar-refractivity contribution in [1.82, 2.24) is 9.80 Å². The average Bonchev–Trinajstić information content (AvgIpc) is 2.53. The third-order valence-electron chi connectivity index (χ3n) is 5.08. The van der Waals surface area contributed by atoms with Gasteiger partial charge in [0.05, 0.1) is 0 Å². The highest BCUT2D eigenvalue weighted by molar-refractivity contribution is 6.72. The van der Waals surface area contributed by atoms with Gasteiger partial charge in [-0.2, -0.15) is 0 Å². The molecule has 144 valence electrons. The molecule has 0 aliphatic heterocycles. The molecule has 0 aliphatic rings. The molecule has 0 aromatic heterocycles. The SMILES string of the molecule is CCO[Si](C)(CCc1ccccc1)CC(CC)(CN(C)C)CN(C)C. The van der Waals surface area contributed by atoms with Crippen LogP contribution in [0.3, 0.4) is 0 Å². The third kappa shape index (κ3) is 8.03. The van der Waals surface area contributed by atoms with Crippen LogP contribution in [0.4, 0.5) is 0 Å². The Kier molecular flexibility index (Phi) is 9.36. The highest BCUT2D eigenvalue weighted by atomic mass is 28.4. The molecule has 0 saturated heterocycles. The van der Waals surface area contributed by atoms with Crippen LogP contribution in [-0.2, 0) is 10.8 Å². The van der Waals surface area contributed by atoms with Gasteiger partial charge in [-0.15, -0.1) is 0 Å².